The quantitative estimate of drug-likeness (QED) is 0.896. The highest BCUT2D eigenvalue weighted by Crippen LogP contribution is 2.23. The Morgan fingerprint density at radius 3 is 2.96 bits per heavy atom. The third-order valence-corrected chi connectivity index (χ3v) is 5.03. The first kappa shape index (κ1) is 15.3. The molecule has 0 radical (unpaired) electrons. The number of aryl methyl sites for hydroxylation is 1. The number of hydrogen-bond acceptors (Lipinski definition) is 4. The van der Waals surface area contributed by atoms with Crippen LogP contribution in [0.1, 0.15) is 40.2 Å². The summed E-state index contributed by atoms with van der Waals surface area (Å²) in [6, 6.07) is 4.06. The van der Waals surface area contributed by atoms with Gasteiger partial charge in [0.2, 0.25) is 0 Å². The lowest BCUT2D eigenvalue weighted by Crippen LogP contribution is -2.41. The van der Waals surface area contributed by atoms with Crippen LogP contribution in [0.2, 0.25) is 0 Å². The maximum Gasteiger partial charge on any atom is 0.272 e. The van der Waals surface area contributed by atoms with E-state index < -0.39 is 0 Å². The van der Waals surface area contributed by atoms with Gasteiger partial charge in [0.25, 0.3) is 5.91 Å². The third kappa shape index (κ3) is 3.06. The van der Waals surface area contributed by atoms with Crippen LogP contribution in [-0.2, 0) is 24.0 Å². The van der Waals surface area contributed by atoms with E-state index in [4.69, 9.17) is 4.74 Å². The standard InChI is InChI=1S/C18H22N4O2/c23-18(17-14-3-1-2-4-15(14)21-22-17)20-16-11-24-10-13(16)9-12-5-7-19-8-6-12/h5-8,13,16H,1-4,9-11H2,(H,20,23)(H,21,22)/t13-,16+/m1/s1. The highest BCUT2D eigenvalue weighted by Gasteiger charge is 2.31. The minimum absolute atomic E-state index is 0.0293. The fourth-order valence-corrected chi connectivity index (χ4v) is 3.69. The normalized spacial score (nSPS) is 23.0. The lowest BCUT2D eigenvalue weighted by Gasteiger charge is -2.19. The number of ether oxygens (including phenoxy) is 1. The van der Waals surface area contributed by atoms with Gasteiger partial charge in [-0.2, -0.15) is 5.10 Å². The average molecular weight is 326 g/mol. The predicted octanol–water partition coefficient (Wildman–Crippen LogP) is 1.67. The van der Waals surface area contributed by atoms with Crippen LogP contribution in [0.15, 0.2) is 24.5 Å². The summed E-state index contributed by atoms with van der Waals surface area (Å²) >= 11 is 0. The summed E-state index contributed by atoms with van der Waals surface area (Å²) in [4.78, 5) is 16.7. The molecule has 0 saturated carbocycles. The van der Waals surface area contributed by atoms with Gasteiger partial charge in [-0.05, 0) is 49.8 Å². The van der Waals surface area contributed by atoms with Crippen molar-refractivity contribution < 1.29 is 9.53 Å². The molecule has 2 aliphatic rings. The van der Waals surface area contributed by atoms with E-state index in [1.165, 1.54) is 12.0 Å². The van der Waals surface area contributed by atoms with Crippen molar-refractivity contribution in [1.82, 2.24) is 20.5 Å². The topological polar surface area (TPSA) is 79.9 Å². The smallest absolute Gasteiger partial charge is 0.272 e. The van der Waals surface area contributed by atoms with Crippen molar-refractivity contribution in [3.8, 4) is 0 Å². The van der Waals surface area contributed by atoms with Crippen LogP contribution >= 0.6 is 0 Å². The Balaban J connectivity index is 1.44. The lowest BCUT2D eigenvalue weighted by molar-refractivity contribution is 0.0919. The first-order valence-electron chi connectivity index (χ1n) is 8.65. The van der Waals surface area contributed by atoms with E-state index in [1.807, 2.05) is 12.1 Å². The highest BCUT2D eigenvalue weighted by atomic mass is 16.5. The van der Waals surface area contributed by atoms with Gasteiger partial charge >= 0.3 is 0 Å². The molecule has 0 aromatic carbocycles. The summed E-state index contributed by atoms with van der Waals surface area (Å²) in [7, 11) is 0. The highest BCUT2D eigenvalue weighted by molar-refractivity contribution is 5.94. The van der Waals surface area contributed by atoms with E-state index in [0.29, 0.717) is 18.9 Å². The minimum atomic E-state index is -0.0790. The van der Waals surface area contributed by atoms with Gasteiger partial charge < -0.3 is 10.1 Å². The summed E-state index contributed by atoms with van der Waals surface area (Å²) in [6.45, 7) is 1.24. The zero-order chi connectivity index (χ0) is 16.4. The zero-order valence-corrected chi connectivity index (χ0v) is 13.6. The molecule has 1 saturated heterocycles. The van der Waals surface area contributed by atoms with Gasteiger partial charge in [-0.25, -0.2) is 0 Å². The summed E-state index contributed by atoms with van der Waals surface area (Å²) in [5.41, 5.74) is 4.02. The van der Waals surface area contributed by atoms with E-state index in [0.717, 1.165) is 36.9 Å². The number of carbonyl (C=O) groups excluding carboxylic acids is 1. The molecule has 6 heteroatoms. The van der Waals surface area contributed by atoms with E-state index in [1.54, 1.807) is 12.4 Å². The molecule has 6 nitrogen and oxygen atoms in total. The van der Waals surface area contributed by atoms with Crippen molar-refractivity contribution in [2.24, 2.45) is 5.92 Å². The van der Waals surface area contributed by atoms with E-state index in [9.17, 15) is 4.79 Å². The molecule has 1 fully saturated rings. The lowest BCUT2D eigenvalue weighted by atomic mass is 9.94. The van der Waals surface area contributed by atoms with Gasteiger partial charge in [0.15, 0.2) is 5.69 Å². The molecule has 0 bridgehead atoms. The zero-order valence-electron chi connectivity index (χ0n) is 13.6. The molecular weight excluding hydrogens is 304 g/mol. The number of pyridine rings is 1. The van der Waals surface area contributed by atoms with E-state index in [2.05, 4.69) is 20.5 Å². The van der Waals surface area contributed by atoms with Gasteiger partial charge in [0, 0.05) is 29.6 Å². The number of rotatable bonds is 4. The predicted molar refractivity (Wildman–Crippen MR) is 88.7 cm³/mol. The summed E-state index contributed by atoms with van der Waals surface area (Å²) < 4.78 is 5.61. The van der Waals surface area contributed by atoms with Crippen LogP contribution < -0.4 is 5.32 Å². The van der Waals surface area contributed by atoms with Crippen LogP contribution in [-0.4, -0.2) is 40.3 Å². The largest absolute Gasteiger partial charge is 0.379 e. The van der Waals surface area contributed by atoms with Crippen LogP contribution in [0.25, 0.3) is 0 Å². The number of hydrogen-bond donors (Lipinski definition) is 2. The van der Waals surface area contributed by atoms with E-state index in [-0.39, 0.29) is 17.9 Å². The minimum Gasteiger partial charge on any atom is -0.379 e. The van der Waals surface area contributed by atoms with Crippen molar-refractivity contribution >= 4 is 5.91 Å². The maximum atomic E-state index is 12.7. The Hall–Kier alpha value is -2.21. The maximum absolute atomic E-state index is 12.7. The molecule has 1 amide bonds. The molecule has 4 rings (SSSR count). The molecule has 2 aromatic rings. The van der Waals surface area contributed by atoms with E-state index >= 15 is 0 Å². The monoisotopic (exact) mass is 326 g/mol. The second-order valence-electron chi connectivity index (χ2n) is 6.67. The molecular formula is C18H22N4O2. The Kier molecular flexibility index (Phi) is 4.30. The first-order chi connectivity index (χ1) is 11.8. The van der Waals surface area contributed by atoms with Gasteiger partial charge in [0.05, 0.1) is 19.3 Å². The molecule has 1 aliphatic carbocycles. The number of carbonyl (C=O) groups is 1. The SMILES string of the molecule is O=C(N[C@H]1COC[C@H]1Cc1ccncc1)c1n[nH]c2c1CCCC2. The Labute approximate surface area is 141 Å². The van der Waals surface area contributed by atoms with Gasteiger partial charge in [-0.1, -0.05) is 0 Å². The average Bonchev–Trinajstić information content (AvgIpc) is 3.23. The van der Waals surface area contributed by atoms with Crippen LogP contribution in [0.3, 0.4) is 0 Å². The summed E-state index contributed by atoms with van der Waals surface area (Å²) in [5, 5.41) is 10.4. The molecule has 24 heavy (non-hydrogen) atoms. The van der Waals surface area contributed by atoms with Crippen LogP contribution in [0, 0.1) is 5.92 Å². The van der Waals surface area contributed by atoms with Crippen molar-refractivity contribution in [3.05, 3.63) is 47.0 Å². The Morgan fingerprint density at radius 1 is 1.25 bits per heavy atom. The molecule has 1 aliphatic heterocycles. The van der Waals surface area contributed by atoms with Gasteiger partial charge in [-0.3, -0.25) is 14.9 Å². The first-order valence-corrected chi connectivity index (χ1v) is 8.65. The Bertz CT molecular complexity index is 713. The van der Waals surface area contributed by atoms with Crippen molar-refractivity contribution in [2.75, 3.05) is 13.2 Å². The second kappa shape index (κ2) is 6.73. The summed E-state index contributed by atoms with van der Waals surface area (Å²) in [6.07, 6.45) is 8.71. The molecule has 2 atom stereocenters. The number of aromatic nitrogens is 3. The Morgan fingerprint density at radius 2 is 2.08 bits per heavy atom. The van der Waals surface area contributed by atoms with Gasteiger partial charge in [-0.15, -0.1) is 0 Å². The fraction of sp³-hybridized carbons (Fsp3) is 0.500. The number of H-pyrrole nitrogens is 1. The van der Waals surface area contributed by atoms with Gasteiger partial charge in [0.1, 0.15) is 0 Å². The number of nitrogens with one attached hydrogen (secondary N) is 2. The molecule has 2 aromatic heterocycles. The second-order valence-corrected chi connectivity index (χ2v) is 6.67. The third-order valence-electron chi connectivity index (χ3n) is 5.03. The molecule has 2 N–H and O–H groups in total. The molecule has 3 heterocycles. The number of fused-ring (bicyclic) bond motifs is 1. The number of aromatic amines is 1. The molecule has 126 valence electrons. The number of amides is 1. The molecule has 0 spiro atoms. The van der Waals surface area contributed by atoms with Crippen LogP contribution in [0.4, 0.5) is 0 Å². The number of nitrogens with zero attached hydrogens (tertiary/aromatic N) is 2. The van der Waals surface area contributed by atoms with Crippen molar-refractivity contribution in [3.63, 3.8) is 0 Å². The van der Waals surface area contributed by atoms with Crippen molar-refractivity contribution in [2.45, 2.75) is 38.1 Å². The molecule has 0 unspecified atom stereocenters. The van der Waals surface area contributed by atoms with Crippen molar-refractivity contribution in [1.29, 1.82) is 0 Å². The van der Waals surface area contributed by atoms with Crippen LogP contribution in [0.5, 0.6) is 0 Å². The fourth-order valence-electron chi connectivity index (χ4n) is 3.69. The summed E-state index contributed by atoms with van der Waals surface area (Å²) in [5.74, 6) is 0.204.